The number of amides is 1. The minimum Gasteiger partial charge on any atom is -0.493 e. The van der Waals surface area contributed by atoms with Crippen molar-refractivity contribution in [1.29, 1.82) is 0 Å². The second-order valence-electron chi connectivity index (χ2n) is 3.97. The zero-order valence-electron chi connectivity index (χ0n) is 10.9. The number of carbonyl (C=O) groups excluding carboxylic acids is 1. The van der Waals surface area contributed by atoms with E-state index in [1.807, 2.05) is 36.4 Å². The molecule has 2 aromatic carbocycles. The van der Waals surface area contributed by atoms with Gasteiger partial charge in [0.25, 0.3) is 5.91 Å². The number of benzene rings is 2. The quantitative estimate of drug-likeness (QED) is 0.806. The van der Waals surface area contributed by atoms with Crippen LogP contribution in [0.4, 0.5) is 5.69 Å². The number of rotatable bonds is 5. The zero-order chi connectivity index (χ0) is 14.4. The third-order valence-corrected chi connectivity index (χ3v) is 3.52. The topological polar surface area (TPSA) is 47.6 Å². The van der Waals surface area contributed by atoms with E-state index in [2.05, 4.69) is 27.9 Å². The summed E-state index contributed by atoms with van der Waals surface area (Å²) in [4.78, 5) is 11.9. The Morgan fingerprint density at radius 3 is 2.45 bits per heavy atom. The minimum atomic E-state index is -0.208. The molecule has 2 aromatic rings. The first kappa shape index (κ1) is 14.6. The SMILES string of the molecule is COc1ccccc1OCC(=O)Nc1ccccc1I. The molecule has 0 aliphatic rings. The van der Waals surface area contributed by atoms with Gasteiger partial charge in [0.05, 0.1) is 12.8 Å². The van der Waals surface area contributed by atoms with Crippen LogP contribution in [0.15, 0.2) is 48.5 Å². The lowest BCUT2D eigenvalue weighted by molar-refractivity contribution is -0.118. The van der Waals surface area contributed by atoms with Crippen molar-refractivity contribution >= 4 is 34.2 Å². The molecule has 0 saturated heterocycles. The van der Waals surface area contributed by atoms with E-state index in [9.17, 15) is 4.79 Å². The first-order valence-electron chi connectivity index (χ1n) is 6.01. The van der Waals surface area contributed by atoms with Crippen molar-refractivity contribution in [3.63, 3.8) is 0 Å². The molecule has 0 bridgehead atoms. The van der Waals surface area contributed by atoms with Crippen molar-refractivity contribution in [2.45, 2.75) is 0 Å². The van der Waals surface area contributed by atoms with Crippen molar-refractivity contribution in [2.75, 3.05) is 19.0 Å². The molecular formula is C15H14INO3. The van der Waals surface area contributed by atoms with Crippen LogP contribution in [0.25, 0.3) is 0 Å². The molecule has 2 rings (SSSR count). The van der Waals surface area contributed by atoms with E-state index >= 15 is 0 Å². The number of anilines is 1. The molecule has 0 unspecified atom stereocenters. The van der Waals surface area contributed by atoms with Crippen molar-refractivity contribution in [3.05, 3.63) is 52.1 Å². The van der Waals surface area contributed by atoms with Gasteiger partial charge >= 0.3 is 0 Å². The normalized spacial score (nSPS) is 9.90. The van der Waals surface area contributed by atoms with Gasteiger partial charge in [0, 0.05) is 3.57 Å². The fourth-order valence-electron chi connectivity index (χ4n) is 1.63. The Bertz CT molecular complexity index is 601. The highest BCUT2D eigenvalue weighted by Crippen LogP contribution is 2.25. The Balaban J connectivity index is 1.94. The van der Waals surface area contributed by atoms with E-state index in [-0.39, 0.29) is 12.5 Å². The van der Waals surface area contributed by atoms with E-state index in [0.29, 0.717) is 11.5 Å². The Kier molecular flexibility index (Phi) is 5.23. The fourth-order valence-corrected chi connectivity index (χ4v) is 2.15. The first-order valence-corrected chi connectivity index (χ1v) is 7.09. The summed E-state index contributed by atoms with van der Waals surface area (Å²) in [6.07, 6.45) is 0. The summed E-state index contributed by atoms with van der Waals surface area (Å²) in [6.45, 7) is -0.0641. The predicted octanol–water partition coefficient (Wildman–Crippen LogP) is 3.32. The predicted molar refractivity (Wildman–Crippen MR) is 86.3 cm³/mol. The van der Waals surface area contributed by atoms with Crippen molar-refractivity contribution in [3.8, 4) is 11.5 Å². The van der Waals surface area contributed by atoms with E-state index < -0.39 is 0 Å². The lowest BCUT2D eigenvalue weighted by atomic mass is 10.3. The number of halogens is 1. The third kappa shape index (κ3) is 3.86. The van der Waals surface area contributed by atoms with Gasteiger partial charge in [-0.1, -0.05) is 24.3 Å². The third-order valence-electron chi connectivity index (χ3n) is 2.58. The molecule has 0 atom stereocenters. The van der Waals surface area contributed by atoms with Crippen LogP contribution < -0.4 is 14.8 Å². The molecule has 0 heterocycles. The molecule has 0 saturated carbocycles. The molecule has 0 fully saturated rings. The number of ether oxygens (including phenoxy) is 2. The summed E-state index contributed by atoms with van der Waals surface area (Å²) in [6, 6.07) is 14.8. The van der Waals surface area contributed by atoms with E-state index in [4.69, 9.17) is 9.47 Å². The van der Waals surface area contributed by atoms with Gasteiger partial charge in [-0.2, -0.15) is 0 Å². The molecule has 0 aromatic heterocycles. The van der Waals surface area contributed by atoms with Crippen LogP contribution in [0.1, 0.15) is 0 Å². The van der Waals surface area contributed by atoms with Gasteiger partial charge in [-0.3, -0.25) is 4.79 Å². The summed E-state index contributed by atoms with van der Waals surface area (Å²) in [7, 11) is 1.56. The van der Waals surface area contributed by atoms with Crippen LogP contribution >= 0.6 is 22.6 Å². The largest absolute Gasteiger partial charge is 0.493 e. The summed E-state index contributed by atoms with van der Waals surface area (Å²) >= 11 is 2.17. The lowest BCUT2D eigenvalue weighted by Gasteiger charge is -2.11. The highest BCUT2D eigenvalue weighted by Gasteiger charge is 2.08. The first-order chi connectivity index (χ1) is 9.70. The van der Waals surface area contributed by atoms with Crippen LogP contribution in [-0.4, -0.2) is 19.6 Å². The maximum Gasteiger partial charge on any atom is 0.262 e. The number of hydrogen-bond acceptors (Lipinski definition) is 3. The van der Waals surface area contributed by atoms with Gasteiger partial charge in [-0.25, -0.2) is 0 Å². The lowest BCUT2D eigenvalue weighted by Crippen LogP contribution is -2.20. The molecule has 1 N–H and O–H groups in total. The van der Waals surface area contributed by atoms with Gasteiger partial charge in [-0.05, 0) is 46.9 Å². The maximum atomic E-state index is 11.9. The van der Waals surface area contributed by atoms with Crippen molar-refractivity contribution < 1.29 is 14.3 Å². The monoisotopic (exact) mass is 383 g/mol. The molecule has 20 heavy (non-hydrogen) atoms. The summed E-state index contributed by atoms with van der Waals surface area (Å²) in [5.41, 5.74) is 0.779. The number of para-hydroxylation sites is 3. The summed E-state index contributed by atoms with van der Waals surface area (Å²) in [5, 5.41) is 2.81. The number of methoxy groups -OCH3 is 1. The zero-order valence-corrected chi connectivity index (χ0v) is 13.1. The molecule has 104 valence electrons. The average Bonchev–Trinajstić information content (AvgIpc) is 2.48. The fraction of sp³-hybridized carbons (Fsp3) is 0.133. The number of carbonyl (C=O) groups is 1. The summed E-state index contributed by atoms with van der Waals surface area (Å²) in [5.74, 6) is 0.947. The molecule has 1 amide bonds. The second kappa shape index (κ2) is 7.14. The van der Waals surface area contributed by atoms with Crippen LogP contribution in [0.5, 0.6) is 11.5 Å². The van der Waals surface area contributed by atoms with E-state index in [0.717, 1.165) is 9.26 Å². The average molecular weight is 383 g/mol. The molecular weight excluding hydrogens is 369 g/mol. The van der Waals surface area contributed by atoms with Crippen molar-refractivity contribution in [2.24, 2.45) is 0 Å². The molecule has 0 spiro atoms. The van der Waals surface area contributed by atoms with Crippen LogP contribution in [0, 0.1) is 3.57 Å². The summed E-state index contributed by atoms with van der Waals surface area (Å²) < 4.78 is 11.6. The van der Waals surface area contributed by atoms with E-state index in [1.165, 1.54) is 0 Å². The van der Waals surface area contributed by atoms with Gasteiger partial charge < -0.3 is 14.8 Å². The Morgan fingerprint density at radius 1 is 1.10 bits per heavy atom. The highest BCUT2D eigenvalue weighted by atomic mass is 127. The highest BCUT2D eigenvalue weighted by molar-refractivity contribution is 14.1. The second-order valence-corrected chi connectivity index (χ2v) is 5.13. The Labute approximate surface area is 131 Å². The molecule has 0 aliphatic carbocycles. The van der Waals surface area contributed by atoms with Crippen LogP contribution in [0.3, 0.4) is 0 Å². The standard InChI is InChI=1S/C15H14INO3/c1-19-13-8-4-5-9-14(13)20-10-15(18)17-12-7-3-2-6-11(12)16/h2-9H,10H2,1H3,(H,17,18). The minimum absolute atomic E-state index is 0.0641. The molecule has 0 radical (unpaired) electrons. The van der Waals surface area contributed by atoms with Crippen molar-refractivity contribution in [1.82, 2.24) is 0 Å². The molecule has 0 aliphatic heterocycles. The van der Waals surface area contributed by atoms with E-state index in [1.54, 1.807) is 19.2 Å². The van der Waals surface area contributed by atoms with Gasteiger partial charge in [0.2, 0.25) is 0 Å². The molecule has 4 nitrogen and oxygen atoms in total. The number of hydrogen-bond donors (Lipinski definition) is 1. The molecule has 5 heteroatoms. The smallest absolute Gasteiger partial charge is 0.262 e. The Morgan fingerprint density at radius 2 is 1.75 bits per heavy atom. The van der Waals surface area contributed by atoms with Gasteiger partial charge in [0.1, 0.15) is 0 Å². The Hall–Kier alpha value is -1.76. The van der Waals surface area contributed by atoms with Crippen LogP contribution in [-0.2, 0) is 4.79 Å². The van der Waals surface area contributed by atoms with Crippen LogP contribution in [0.2, 0.25) is 0 Å². The van der Waals surface area contributed by atoms with Gasteiger partial charge in [0.15, 0.2) is 18.1 Å². The number of nitrogens with one attached hydrogen (secondary N) is 1. The van der Waals surface area contributed by atoms with Gasteiger partial charge in [-0.15, -0.1) is 0 Å². The maximum absolute atomic E-state index is 11.9.